The second kappa shape index (κ2) is 8.93. The predicted octanol–water partition coefficient (Wildman–Crippen LogP) is 2.56. The summed E-state index contributed by atoms with van der Waals surface area (Å²) in [6.07, 6.45) is 5.21. The van der Waals surface area contributed by atoms with Crippen LogP contribution >= 0.6 is 0 Å². The van der Waals surface area contributed by atoms with Crippen LogP contribution < -0.4 is 14.4 Å². The zero-order chi connectivity index (χ0) is 14.9. The molecule has 118 valence electrons. The zero-order valence-electron chi connectivity index (χ0n) is 13.6. The fraction of sp³-hybridized carbons (Fsp3) is 0.667. The van der Waals surface area contributed by atoms with E-state index < -0.39 is 0 Å². The van der Waals surface area contributed by atoms with Gasteiger partial charge in [0.1, 0.15) is 11.5 Å². The molecule has 0 unspecified atom stereocenters. The van der Waals surface area contributed by atoms with Gasteiger partial charge in [-0.05, 0) is 62.8 Å². The Morgan fingerprint density at radius 3 is 2.24 bits per heavy atom. The normalized spacial score (nSPS) is 22.0. The predicted molar refractivity (Wildman–Crippen MR) is 86.3 cm³/mol. The minimum atomic E-state index is 0.706. The lowest BCUT2D eigenvalue weighted by molar-refractivity contribution is -0.906. The van der Waals surface area contributed by atoms with E-state index in [-0.39, 0.29) is 0 Å². The van der Waals surface area contributed by atoms with Crippen molar-refractivity contribution >= 4 is 0 Å². The van der Waals surface area contributed by atoms with E-state index in [0.29, 0.717) is 6.61 Å². The van der Waals surface area contributed by atoms with E-state index in [1.807, 2.05) is 31.2 Å². The van der Waals surface area contributed by atoms with E-state index >= 15 is 0 Å². The topological polar surface area (TPSA) is 22.9 Å². The maximum absolute atomic E-state index is 5.78. The number of likely N-dealkylation sites (tertiary alicyclic amines) is 1. The average Bonchev–Trinajstić information content (AvgIpc) is 2.51. The Kier molecular flexibility index (Phi) is 6.87. The van der Waals surface area contributed by atoms with Crippen LogP contribution in [0.15, 0.2) is 24.3 Å². The highest BCUT2D eigenvalue weighted by atomic mass is 16.5. The Labute approximate surface area is 129 Å². The summed E-state index contributed by atoms with van der Waals surface area (Å²) in [6.45, 7) is 9.92. The first-order chi connectivity index (χ1) is 10.3. The Morgan fingerprint density at radius 1 is 1.00 bits per heavy atom. The summed E-state index contributed by atoms with van der Waals surface area (Å²) in [5.74, 6) is 2.79. The van der Waals surface area contributed by atoms with Gasteiger partial charge in [0.15, 0.2) is 0 Å². The minimum absolute atomic E-state index is 0.706. The summed E-state index contributed by atoms with van der Waals surface area (Å²) in [4.78, 5) is 1.79. The fourth-order valence-corrected chi connectivity index (χ4v) is 2.89. The maximum atomic E-state index is 5.78. The van der Waals surface area contributed by atoms with Gasteiger partial charge >= 0.3 is 0 Å². The van der Waals surface area contributed by atoms with Gasteiger partial charge in [-0.25, -0.2) is 0 Å². The molecule has 1 fully saturated rings. The fourth-order valence-electron chi connectivity index (χ4n) is 2.89. The lowest BCUT2D eigenvalue weighted by Gasteiger charge is -2.27. The van der Waals surface area contributed by atoms with E-state index in [0.717, 1.165) is 30.4 Å². The highest BCUT2D eigenvalue weighted by molar-refractivity contribution is 5.31. The molecule has 0 saturated carbocycles. The number of hydrogen-bond donors (Lipinski definition) is 1. The Balaban J connectivity index is 1.55. The Morgan fingerprint density at radius 2 is 1.62 bits per heavy atom. The van der Waals surface area contributed by atoms with Crippen molar-refractivity contribution in [1.82, 2.24) is 0 Å². The number of rotatable bonds is 8. The monoisotopic (exact) mass is 292 g/mol. The van der Waals surface area contributed by atoms with Gasteiger partial charge in [-0.15, -0.1) is 0 Å². The van der Waals surface area contributed by atoms with Crippen LogP contribution in [0.25, 0.3) is 0 Å². The van der Waals surface area contributed by atoms with Gasteiger partial charge in [0, 0.05) is 0 Å². The van der Waals surface area contributed by atoms with Crippen LogP contribution in [0, 0.1) is 5.92 Å². The molecule has 2 rings (SSSR count). The molecule has 3 nitrogen and oxygen atoms in total. The van der Waals surface area contributed by atoms with E-state index in [2.05, 4.69) is 6.92 Å². The van der Waals surface area contributed by atoms with Gasteiger partial charge in [0.25, 0.3) is 0 Å². The highest BCUT2D eigenvalue weighted by Crippen LogP contribution is 2.17. The van der Waals surface area contributed by atoms with Gasteiger partial charge in [-0.3, -0.25) is 0 Å². The molecule has 0 aromatic heterocycles. The molecule has 1 aromatic rings. The molecule has 1 aliphatic heterocycles. The summed E-state index contributed by atoms with van der Waals surface area (Å²) >= 11 is 0. The van der Waals surface area contributed by atoms with Crippen molar-refractivity contribution in [2.45, 2.75) is 39.5 Å². The summed E-state index contributed by atoms with van der Waals surface area (Å²) < 4.78 is 11.2. The maximum Gasteiger partial charge on any atom is 0.119 e. The minimum Gasteiger partial charge on any atom is -0.494 e. The molecule has 21 heavy (non-hydrogen) atoms. The van der Waals surface area contributed by atoms with Crippen LogP contribution in [0.4, 0.5) is 0 Å². The number of hydrogen-bond acceptors (Lipinski definition) is 2. The summed E-state index contributed by atoms with van der Waals surface area (Å²) in [5.41, 5.74) is 0. The molecule has 3 heteroatoms. The van der Waals surface area contributed by atoms with Crippen LogP contribution in [0.5, 0.6) is 11.5 Å². The molecule has 0 bridgehead atoms. The molecule has 1 saturated heterocycles. The number of piperidine rings is 1. The van der Waals surface area contributed by atoms with Crippen LogP contribution in [-0.2, 0) is 0 Å². The van der Waals surface area contributed by atoms with E-state index in [1.54, 1.807) is 4.90 Å². The number of unbranched alkanes of at least 4 members (excludes halogenated alkanes) is 1. The first kappa shape index (κ1) is 16.2. The Bertz CT molecular complexity index is 383. The van der Waals surface area contributed by atoms with Crippen molar-refractivity contribution < 1.29 is 14.4 Å². The quantitative estimate of drug-likeness (QED) is 0.744. The molecular formula is C18H30NO2+. The molecule has 0 amide bonds. The number of benzene rings is 1. The largest absolute Gasteiger partial charge is 0.494 e. The van der Waals surface area contributed by atoms with Gasteiger partial charge < -0.3 is 14.4 Å². The van der Waals surface area contributed by atoms with Crippen LogP contribution in [0.3, 0.4) is 0 Å². The van der Waals surface area contributed by atoms with E-state index in [1.165, 1.54) is 38.9 Å². The molecule has 0 radical (unpaired) electrons. The summed E-state index contributed by atoms with van der Waals surface area (Å²) in [5, 5.41) is 0. The van der Waals surface area contributed by atoms with Crippen molar-refractivity contribution in [2.75, 3.05) is 32.8 Å². The molecule has 0 aliphatic carbocycles. The molecule has 0 atom stereocenters. The molecule has 1 aliphatic rings. The molecule has 1 N–H and O–H groups in total. The van der Waals surface area contributed by atoms with Crippen LogP contribution in [0.2, 0.25) is 0 Å². The van der Waals surface area contributed by atoms with Crippen molar-refractivity contribution in [2.24, 2.45) is 5.92 Å². The first-order valence-electron chi connectivity index (χ1n) is 8.47. The number of nitrogens with one attached hydrogen (secondary N) is 1. The van der Waals surface area contributed by atoms with Gasteiger partial charge in [0.05, 0.1) is 32.8 Å². The van der Waals surface area contributed by atoms with Crippen LogP contribution in [-0.4, -0.2) is 32.8 Å². The van der Waals surface area contributed by atoms with Crippen molar-refractivity contribution in [3.63, 3.8) is 0 Å². The molecule has 0 spiro atoms. The van der Waals surface area contributed by atoms with E-state index in [4.69, 9.17) is 9.47 Å². The third-order valence-corrected chi connectivity index (χ3v) is 4.31. The lowest BCUT2D eigenvalue weighted by atomic mass is 9.99. The van der Waals surface area contributed by atoms with Gasteiger partial charge in [-0.1, -0.05) is 6.92 Å². The van der Waals surface area contributed by atoms with Crippen LogP contribution in [0.1, 0.15) is 39.5 Å². The van der Waals surface area contributed by atoms with Crippen molar-refractivity contribution in [3.05, 3.63) is 24.3 Å². The van der Waals surface area contributed by atoms with Gasteiger partial charge in [0.2, 0.25) is 0 Å². The average molecular weight is 292 g/mol. The third kappa shape index (κ3) is 5.96. The molecule has 1 heterocycles. The third-order valence-electron chi connectivity index (χ3n) is 4.31. The SMILES string of the molecule is CCOc1ccc(OCCCC[NH+]2CCC(C)CC2)cc1. The lowest BCUT2D eigenvalue weighted by Crippen LogP contribution is -3.13. The number of quaternary nitrogens is 1. The highest BCUT2D eigenvalue weighted by Gasteiger charge is 2.17. The number of ether oxygens (including phenoxy) is 2. The smallest absolute Gasteiger partial charge is 0.119 e. The zero-order valence-corrected chi connectivity index (χ0v) is 13.6. The second-order valence-corrected chi connectivity index (χ2v) is 6.14. The van der Waals surface area contributed by atoms with Crippen molar-refractivity contribution in [1.29, 1.82) is 0 Å². The summed E-state index contributed by atoms with van der Waals surface area (Å²) in [7, 11) is 0. The van der Waals surface area contributed by atoms with E-state index in [9.17, 15) is 0 Å². The van der Waals surface area contributed by atoms with Crippen molar-refractivity contribution in [3.8, 4) is 11.5 Å². The first-order valence-corrected chi connectivity index (χ1v) is 8.47. The Hall–Kier alpha value is -1.22. The molecular weight excluding hydrogens is 262 g/mol. The van der Waals surface area contributed by atoms with Gasteiger partial charge in [-0.2, -0.15) is 0 Å². The summed E-state index contributed by atoms with van der Waals surface area (Å²) in [6, 6.07) is 7.92. The standard InChI is InChI=1S/C18H29NO2/c1-3-20-17-6-8-18(9-7-17)21-15-5-4-12-19-13-10-16(2)11-14-19/h6-9,16H,3-5,10-15H2,1-2H3/p+1. The molecule has 1 aromatic carbocycles. The second-order valence-electron chi connectivity index (χ2n) is 6.14.